The molecule has 8 heteroatoms. The van der Waals surface area contributed by atoms with E-state index in [2.05, 4.69) is 20.3 Å². The number of fused-ring (bicyclic) bond motifs is 1. The first-order valence-electron chi connectivity index (χ1n) is 7.05. The van der Waals surface area contributed by atoms with Crippen LogP contribution < -0.4 is 5.32 Å². The van der Waals surface area contributed by atoms with Gasteiger partial charge in [-0.3, -0.25) is 9.78 Å². The number of amides is 2. The number of aromatic nitrogens is 3. The Morgan fingerprint density at radius 2 is 2.17 bits per heavy atom. The Hall–Kier alpha value is -3.03. The molecule has 1 aliphatic heterocycles. The third kappa shape index (κ3) is 3.10. The molecule has 0 spiro atoms. The summed E-state index contributed by atoms with van der Waals surface area (Å²) in [7, 11) is 1.35. The zero-order valence-electron chi connectivity index (χ0n) is 12.5. The van der Waals surface area contributed by atoms with E-state index in [0.717, 1.165) is 11.1 Å². The van der Waals surface area contributed by atoms with Gasteiger partial charge < -0.3 is 15.0 Å². The lowest BCUT2D eigenvalue weighted by molar-refractivity contribution is 0.102. The molecular formula is C15H15N5O3. The third-order valence-electron chi connectivity index (χ3n) is 3.64. The zero-order chi connectivity index (χ0) is 16.2. The van der Waals surface area contributed by atoms with E-state index >= 15 is 0 Å². The summed E-state index contributed by atoms with van der Waals surface area (Å²) in [5.41, 5.74) is 2.23. The van der Waals surface area contributed by atoms with Crippen LogP contribution in [0.3, 0.4) is 0 Å². The van der Waals surface area contributed by atoms with Crippen molar-refractivity contribution in [2.24, 2.45) is 0 Å². The Morgan fingerprint density at radius 3 is 2.91 bits per heavy atom. The molecule has 23 heavy (non-hydrogen) atoms. The Labute approximate surface area is 132 Å². The Kier molecular flexibility index (Phi) is 4.13. The number of carbonyl (C=O) groups is 2. The molecule has 0 aliphatic carbocycles. The van der Waals surface area contributed by atoms with E-state index in [1.54, 1.807) is 23.4 Å². The standard InChI is InChI=1S/C15H15N5O3/c1-23-15(22)20-5-3-11-10(8-20)6-17-7-12(11)14(21)19-13-2-4-16-9-18-13/h2,4,6-7,9H,3,5,8H2,1H3,(H,16,18,19,21). The van der Waals surface area contributed by atoms with Gasteiger partial charge in [0.15, 0.2) is 0 Å². The summed E-state index contributed by atoms with van der Waals surface area (Å²) >= 11 is 0. The Balaban J connectivity index is 1.83. The predicted octanol–water partition coefficient (Wildman–Crippen LogP) is 1.25. The summed E-state index contributed by atoms with van der Waals surface area (Å²) in [4.78, 5) is 37.5. The molecule has 2 aromatic rings. The van der Waals surface area contributed by atoms with Gasteiger partial charge in [-0.05, 0) is 23.6 Å². The lowest BCUT2D eigenvalue weighted by Gasteiger charge is -2.28. The molecule has 118 valence electrons. The van der Waals surface area contributed by atoms with Crippen molar-refractivity contribution in [3.8, 4) is 0 Å². The van der Waals surface area contributed by atoms with Gasteiger partial charge >= 0.3 is 6.09 Å². The first kappa shape index (κ1) is 14.9. The summed E-state index contributed by atoms with van der Waals surface area (Å²) in [5.74, 6) is 0.147. The quantitative estimate of drug-likeness (QED) is 0.896. The lowest BCUT2D eigenvalue weighted by Crippen LogP contribution is -2.36. The van der Waals surface area contributed by atoms with E-state index < -0.39 is 0 Å². The van der Waals surface area contributed by atoms with Gasteiger partial charge in [-0.1, -0.05) is 0 Å². The van der Waals surface area contributed by atoms with Crippen LogP contribution in [0.15, 0.2) is 31.0 Å². The van der Waals surface area contributed by atoms with Crippen LogP contribution in [-0.2, 0) is 17.7 Å². The van der Waals surface area contributed by atoms with Crippen LogP contribution in [0.25, 0.3) is 0 Å². The fourth-order valence-corrected chi connectivity index (χ4v) is 2.52. The van der Waals surface area contributed by atoms with E-state index in [1.807, 2.05) is 0 Å². The number of anilines is 1. The van der Waals surface area contributed by atoms with Gasteiger partial charge in [-0.2, -0.15) is 0 Å². The second-order valence-corrected chi connectivity index (χ2v) is 5.02. The highest BCUT2D eigenvalue weighted by molar-refractivity contribution is 6.04. The van der Waals surface area contributed by atoms with Gasteiger partial charge in [0.25, 0.3) is 5.91 Å². The number of methoxy groups -OCH3 is 1. The van der Waals surface area contributed by atoms with Crippen LogP contribution in [0.5, 0.6) is 0 Å². The maximum atomic E-state index is 12.4. The third-order valence-corrected chi connectivity index (χ3v) is 3.64. The largest absolute Gasteiger partial charge is 0.453 e. The summed E-state index contributed by atoms with van der Waals surface area (Å²) in [6, 6.07) is 1.61. The molecule has 0 saturated carbocycles. The Morgan fingerprint density at radius 1 is 1.30 bits per heavy atom. The van der Waals surface area contributed by atoms with E-state index in [-0.39, 0.29) is 12.0 Å². The summed E-state index contributed by atoms with van der Waals surface area (Å²) in [6.45, 7) is 0.876. The van der Waals surface area contributed by atoms with Crippen molar-refractivity contribution in [3.63, 3.8) is 0 Å². The fraction of sp³-hybridized carbons (Fsp3) is 0.267. The van der Waals surface area contributed by atoms with Crippen LogP contribution in [0.2, 0.25) is 0 Å². The summed E-state index contributed by atoms with van der Waals surface area (Å²) in [6.07, 6.45) is 6.30. The second kappa shape index (κ2) is 6.39. The highest BCUT2D eigenvalue weighted by Gasteiger charge is 2.25. The molecule has 3 rings (SSSR count). The molecule has 0 unspecified atom stereocenters. The first-order chi connectivity index (χ1) is 11.2. The smallest absolute Gasteiger partial charge is 0.409 e. The molecule has 0 fully saturated rings. The van der Waals surface area contributed by atoms with Gasteiger partial charge in [0.05, 0.1) is 19.2 Å². The normalized spacial score (nSPS) is 13.2. The van der Waals surface area contributed by atoms with E-state index in [1.165, 1.54) is 19.6 Å². The highest BCUT2D eigenvalue weighted by Crippen LogP contribution is 2.22. The van der Waals surface area contributed by atoms with Crippen LogP contribution in [0, 0.1) is 0 Å². The van der Waals surface area contributed by atoms with Gasteiger partial charge in [0.2, 0.25) is 0 Å². The summed E-state index contributed by atoms with van der Waals surface area (Å²) < 4.78 is 4.73. The van der Waals surface area contributed by atoms with Crippen LogP contribution in [-0.4, -0.2) is 45.5 Å². The average molecular weight is 313 g/mol. The lowest BCUT2D eigenvalue weighted by atomic mass is 9.97. The molecule has 1 aliphatic rings. The first-order valence-corrected chi connectivity index (χ1v) is 7.05. The van der Waals surface area contributed by atoms with Crippen molar-refractivity contribution in [1.82, 2.24) is 19.9 Å². The topological polar surface area (TPSA) is 97.3 Å². The maximum absolute atomic E-state index is 12.4. The molecule has 2 amide bonds. The zero-order valence-corrected chi connectivity index (χ0v) is 12.5. The van der Waals surface area contributed by atoms with Gasteiger partial charge in [0, 0.05) is 25.1 Å². The molecule has 3 heterocycles. The summed E-state index contributed by atoms with van der Waals surface area (Å²) in [5, 5.41) is 2.72. The maximum Gasteiger partial charge on any atom is 0.409 e. The van der Waals surface area contributed by atoms with E-state index in [4.69, 9.17) is 4.74 Å². The van der Waals surface area contributed by atoms with Crippen molar-refractivity contribution in [3.05, 3.63) is 47.7 Å². The molecule has 0 radical (unpaired) electrons. The highest BCUT2D eigenvalue weighted by atomic mass is 16.5. The number of hydrogen-bond acceptors (Lipinski definition) is 6. The van der Waals surface area contributed by atoms with Crippen LogP contribution >= 0.6 is 0 Å². The molecule has 2 aromatic heterocycles. The molecule has 8 nitrogen and oxygen atoms in total. The van der Waals surface area contributed by atoms with Crippen molar-refractivity contribution >= 4 is 17.8 Å². The van der Waals surface area contributed by atoms with Crippen molar-refractivity contribution < 1.29 is 14.3 Å². The predicted molar refractivity (Wildman–Crippen MR) is 80.7 cm³/mol. The molecule has 0 aromatic carbocycles. The number of carbonyl (C=O) groups excluding carboxylic acids is 2. The Bertz CT molecular complexity index is 735. The molecule has 1 N–H and O–H groups in total. The van der Waals surface area contributed by atoms with Crippen molar-refractivity contribution in [1.29, 1.82) is 0 Å². The molecular weight excluding hydrogens is 298 g/mol. The SMILES string of the molecule is COC(=O)N1CCc2c(cncc2C(=O)Nc2ccncn2)C1. The van der Waals surface area contributed by atoms with Crippen molar-refractivity contribution in [2.75, 3.05) is 19.0 Å². The van der Waals surface area contributed by atoms with Crippen LogP contribution in [0.4, 0.5) is 10.6 Å². The monoisotopic (exact) mass is 313 g/mol. The fourth-order valence-electron chi connectivity index (χ4n) is 2.52. The van der Waals surface area contributed by atoms with Gasteiger partial charge in [-0.25, -0.2) is 14.8 Å². The number of pyridine rings is 1. The number of hydrogen-bond donors (Lipinski definition) is 1. The van der Waals surface area contributed by atoms with E-state index in [9.17, 15) is 9.59 Å². The number of rotatable bonds is 2. The molecule has 0 saturated heterocycles. The van der Waals surface area contributed by atoms with Gasteiger partial charge in [-0.15, -0.1) is 0 Å². The number of nitrogens with zero attached hydrogens (tertiary/aromatic N) is 4. The number of ether oxygens (including phenoxy) is 1. The second-order valence-electron chi connectivity index (χ2n) is 5.02. The van der Waals surface area contributed by atoms with Crippen molar-refractivity contribution in [2.45, 2.75) is 13.0 Å². The van der Waals surface area contributed by atoms with Crippen LogP contribution in [0.1, 0.15) is 21.5 Å². The average Bonchev–Trinajstić information content (AvgIpc) is 2.60. The number of nitrogens with one attached hydrogen (secondary N) is 1. The van der Waals surface area contributed by atoms with Gasteiger partial charge in [0.1, 0.15) is 12.1 Å². The minimum absolute atomic E-state index is 0.278. The molecule has 0 bridgehead atoms. The minimum Gasteiger partial charge on any atom is -0.453 e. The van der Waals surface area contributed by atoms with E-state index in [0.29, 0.717) is 30.9 Å². The minimum atomic E-state index is -0.383. The molecule has 0 atom stereocenters.